The van der Waals surface area contributed by atoms with E-state index in [0.717, 1.165) is 5.43 Å². The molecule has 0 aromatic carbocycles. The Labute approximate surface area is 66.6 Å². The average Bonchev–Trinajstić information content (AvgIpc) is 2.02. The number of nitrogens with one attached hydrogen (secondary N) is 2. The zero-order valence-corrected chi connectivity index (χ0v) is 5.89. The SMILES string of the molecule is FC(F)(F)NNc1ccccn1. The van der Waals surface area contributed by atoms with Crippen LogP contribution in [0.5, 0.6) is 0 Å². The van der Waals surface area contributed by atoms with Crippen LogP contribution in [0.25, 0.3) is 0 Å². The van der Waals surface area contributed by atoms with E-state index in [9.17, 15) is 13.2 Å². The van der Waals surface area contributed by atoms with Gasteiger partial charge in [0.25, 0.3) is 0 Å². The van der Waals surface area contributed by atoms with Gasteiger partial charge in [-0.2, -0.15) is 13.2 Å². The Morgan fingerprint density at radius 1 is 1.25 bits per heavy atom. The molecule has 1 heterocycles. The summed E-state index contributed by atoms with van der Waals surface area (Å²) >= 11 is 0. The van der Waals surface area contributed by atoms with Gasteiger partial charge in [-0.15, -0.1) is 5.43 Å². The molecule has 0 spiro atoms. The fourth-order valence-electron chi connectivity index (χ4n) is 0.572. The second-order valence-corrected chi connectivity index (χ2v) is 1.96. The number of aromatic nitrogens is 1. The average molecular weight is 177 g/mol. The summed E-state index contributed by atoms with van der Waals surface area (Å²) in [5.74, 6) is 0.120. The van der Waals surface area contributed by atoms with Crippen LogP contribution < -0.4 is 10.9 Å². The lowest BCUT2D eigenvalue weighted by atomic mass is 10.5. The maximum atomic E-state index is 11.5. The van der Waals surface area contributed by atoms with Crippen LogP contribution in [0.15, 0.2) is 24.4 Å². The molecular formula is C6H6F3N3. The van der Waals surface area contributed by atoms with Crippen molar-refractivity contribution in [1.82, 2.24) is 10.4 Å². The van der Waals surface area contributed by atoms with Crippen molar-refractivity contribution in [2.75, 3.05) is 5.43 Å². The molecule has 1 aromatic rings. The molecule has 1 rings (SSSR count). The highest BCUT2D eigenvalue weighted by atomic mass is 19.4. The molecule has 0 fully saturated rings. The summed E-state index contributed by atoms with van der Waals surface area (Å²) in [6, 6.07) is 4.60. The summed E-state index contributed by atoms with van der Waals surface area (Å²) in [6.07, 6.45) is -3.06. The number of pyridine rings is 1. The van der Waals surface area contributed by atoms with Crippen LogP contribution >= 0.6 is 0 Å². The minimum atomic E-state index is -4.45. The van der Waals surface area contributed by atoms with Gasteiger partial charge in [-0.1, -0.05) is 6.07 Å². The van der Waals surface area contributed by atoms with Crippen molar-refractivity contribution in [3.8, 4) is 0 Å². The number of anilines is 1. The Morgan fingerprint density at radius 3 is 2.50 bits per heavy atom. The van der Waals surface area contributed by atoms with Crippen molar-refractivity contribution in [1.29, 1.82) is 0 Å². The predicted molar refractivity (Wildman–Crippen MR) is 37.1 cm³/mol. The van der Waals surface area contributed by atoms with Crippen molar-refractivity contribution < 1.29 is 13.2 Å². The highest BCUT2D eigenvalue weighted by molar-refractivity contribution is 5.31. The van der Waals surface area contributed by atoms with E-state index in [1.807, 2.05) is 5.43 Å². The zero-order chi connectivity index (χ0) is 9.03. The van der Waals surface area contributed by atoms with Gasteiger partial charge in [-0.3, -0.25) is 5.43 Å². The third-order valence-electron chi connectivity index (χ3n) is 0.997. The number of halogens is 3. The molecule has 1 aromatic heterocycles. The first-order chi connectivity index (χ1) is 5.58. The first-order valence-corrected chi connectivity index (χ1v) is 3.09. The fraction of sp³-hybridized carbons (Fsp3) is 0.167. The topological polar surface area (TPSA) is 37.0 Å². The number of alkyl halides is 3. The molecule has 12 heavy (non-hydrogen) atoms. The van der Waals surface area contributed by atoms with Gasteiger partial charge < -0.3 is 0 Å². The number of hydrogen-bond acceptors (Lipinski definition) is 3. The molecule has 0 aliphatic heterocycles. The Bertz CT molecular complexity index is 234. The lowest BCUT2D eigenvalue weighted by Crippen LogP contribution is -2.36. The van der Waals surface area contributed by atoms with Gasteiger partial charge in [-0.25, -0.2) is 4.98 Å². The summed E-state index contributed by atoms with van der Waals surface area (Å²) in [6.45, 7) is 0. The number of rotatable bonds is 2. The largest absolute Gasteiger partial charge is 0.474 e. The highest BCUT2D eigenvalue weighted by Crippen LogP contribution is 2.09. The van der Waals surface area contributed by atoms with E-state index in [4.69, 9.17) is 0 Å². The van der Waals surface area contributed by atoms with Gasteiger partial charge in [-0.05, 0) is 12.1 Å². The molecule has 66 valence electrons. The Balaban J connectivity index is 2.44. The Kier molecular flexibility index (Phi) is 2.49. The highest BCUT2D eigenvalue weighted by Gasteiger charge is 2.26. The molecule has 0 aliphatic rings. The van der Waals surface area contributed by atoms with Gasteiger partial charge >= 0.3 is 6.30 Å². The maximum Gasteiger partial charge on any atom is 0.474 e. The smallest absolute Gasteiger partial charge is 0.299 e. The fourth-order valence-corrected chi connectivity index (χ4v) is 0.572. The minimum Gasteiger partial charge on any atom is -0.299 e. The summed E-state index contributed by atoms with van der Waals surface area (Å²) in [5.41, 5.74) is 3.02. The number of hydrazine groups is 1. The summed E-state index contributed by atoms with van der Waals surface area (Å²) < 4.78 is 34.6. The molecular weight excluding hydrogens is 171 g/mol. The Morgan fingerprint density at radius 2 is 2.00 bits per heavy atom. The summed E-state index contributed by atoms with van der Waals surface area (Å²) in [4.78, 5) is 3.61. The minimum absolute atomic E-state index is 0.120. The van der Waals surface area contributed by atoms with Crippen LogP contribution in [0.3, 0.4) is 0 Å². The summed E-state index contributed by atoms with van der Waals surface area (Å²) in [7, 11) is 0. The summed E-state index contributed by atoms with van der Waals surface area (Å²) in [5, 5.41) is 0. The van der Waals surface area contributed by atoms with Crippen LogP contribution in [0, 0.1) is 0 Å². The molecule has 0 bridgehead atoms. The van der Waals surface area contributed by atoms with Gasteiger partial charge in [0, 0.05) is 6.20 Å². The lowest BCUT2D eigenvalue weighted by Gasteiger charge is -2.09. The molecule has 0 radical (unpaired) electrons. The Hall–Kier alpha value is -1.30. The maximum absolute atomic E-state index is 11.5. The van der Waals surface area contributed by atoms with Crippen LogP contribution in [0.1, 0.15) is 0 Å². The van der Waals surface area contributed by atoms with Crippen molar-refractivity contribution in [2.45, 2.75) is 6.30 Å². The van der Waals surface area contributed by atoms with E-state index in [-0.39, 0.29) is 5.82 Å². The first kappa shape index (κ1) is 8.79. The molecule has 6 heteroatoms. The quantitative estimate of drug-likeness (QED) is 0.531. The second kappa shape index (κ2) is 3.40. The molecule has 3 nitrogen and oxygen atoms in total. The van der Waals surface area contributed by atoms with Gasteiger partial charge in [0.1, 0.15) is 5.82 Å². The van der Waals surface area contributed by atoms with Crippen molar-refractivity contribution in [3.05, 3.63) is 24.4 Å². The molecule has 0 unspecified atom stereocenters. The first-order valence-electron chi connectivity index (χ1n) is 3.09. The second-order valence-electron chi connectivity index (χ2n) is 1.96. The third-order valence-corrected chi connectivity index (χ3v) is 0.997. The molecule has 0 atom stereocenters. The van der Waals surface area contributed by atoms with E-state index < -0.39 is 6.30 Å². The third kappa shape index (κ3) is 3.20. The molecule has 2 N–H and O–H groups in total. The van der Waals surface area contributed by atoms with E-state index in [0.29, 0.717) is 0 Å². The van der Waals surface area contributed by atoms with Crippen molar-refractivity contribution in [3.63, 3.8) is 0 Å². The van der Waals surface area contributed by atoms with Crippen molar-refractivity contribution in [2.24, 2.45) is 0 Å². The van der Waals surface area contributed by atoms with Gasteiger partial charge in [0.2, 0.25) is 0 Å². The molecule has 0 saturated heterocycles. The standard InChI is InChI=1S/C6H6F3N3/c7-6(8,9)12-11-5-3-1-2-4-10-5/h1-4,12H,(H,10,11). The molecule has 0 amide bonds. The van der Waals surface area contributed by atoms with Crippen LogP contribution in [0.2, 0.25) is 0 Å². The predicted octanol–water partition coefficient (Wildman–Crippen LogP) is 1.52. The number of hydrogen-bond donors (Lipinski definition) is 2. The van der Waals surface area contributed by atoms with E-state index >= 15 is 0 Å². The number of nitrogens with zero attached hydrogens (tertiary/aromatic N) is 1. The lowest BCUT2D eigenvalue weighted by molar-refractivity contribution is -0.151. The van der Waals surface area contributed by atoms with Crippen molar-refractivity contribution >= 4 is 5.82 Å². The monoisotopic (exact) mass is 177 g/mol. The van der Waals surface area contributed by atoms with E-state index in [2.05, 4.69) is 4.98 Å². The zero-order valence-electron chi connectivity index (χ0n) is 5.89. The van der Waals surface area contributed by atoms with E-state index in [1.165, 1.54) is 12.3 Å². The van der Waals surface area contributed by atoms with Gasteiger partial charge in [0.15, 0.2) is 0 Å². The van der Waals surface area contributed by atoms with Gasteiger partial charge in [0.05, 0.1) is 0 Å². The molecule has 0 saturated carbocycles. The van der Waals surface area contributed by atoms with Crippen LogP contribution in [-0.4, -0.2) is 11.3 Å². The van der Waals surface area contributed by atoms with Crippen LogP contribution in [-0.2, 0) is 0 Å². The normalized spacial score (nSPS) is 11.2. The van der Waals surface area contributed by atoms with Crippen LogP contribution in [0.4, 0.5) is 19.0 Å². The molecule has 0 aliphatic carbocycles. The van der Waals surface area contributed by atoms with E-state index in [1.54, 1.807) is 12.1 Å².